The molecular weight excluding hydrogens is 506 g/mol. The average molecular weight is 540 g/mol. The molecule has 3 aliphatic heterocycles. The quantitative estimate of drug-likeness (QED) is 0.394. The lowest BCUT2D eigenvalue weighted by atomic mass is 9.96. The number of nitrogens with zero attached hydrogens (tertiary/aromatic N) is 4. The first kappa shape index (κ1) is 26.2. The minimum atomic E-state index is -0.208. The number of fused-ring (bicyclic) bond motifs is 1. The van der Waals surface area contributed by atoms with Crippen molar-refractivity contribution in [1.29, 1.82) is 0 Å². The molecule has 40 heavy (non-hydrogen) atoms. The maximum atomic E-state index is 12.0. The van der Waals surface area contributed by atoms with Crippen LogP contribution in [0.5, 0.6) is 5.75 Å². The molecule has 3 aromatic rings. The first-order chi connectivity index (χ1) is 19.6. The monoisotopic (exact) mass is 539 g/mol. The number of anilines is 3. The molecule has 0 radical (unpaired) electrons. The van der Waals surface area contributed by atoms with Gasteiger partial charge < -0.3 is 24.8 Å². The van der Waals surface area contributed by atoms with Gasteiger partial charge in [0.15, 0.2) is 5.78 Å². The number of aromatic nitrogens is 2. The van der Waals surface area contributed by atoms with Crippen LogP contribution in [0.4, 0.5) is 17.3 Å². The molecular formula is C31H33N5O4. The molecule has 0 aliphatic carbocycles. The zero-order valence-electron chi connectivity index (χ0n) is 22.4. The highest BCUT2D eigenvalue weighted by atomic mass is 16.5. The van der Waals surface area contributed by atoms with Crippen molar-refractivity contribution in [3.05, 3.63) is 71.9 Å². The Labute approximate surface area is 233 Å². The van der Waals surface area contributed by atoms with Gasteiger partial charge in [0.25, 0.3) is 0 Å². The predicted molar refractivity (Wildman–Crippen MR) is 155 cm³/mol. The predicted octanol–water partition coefficient (Wildman–Crippen LogP) is 4.77. The summed E-state index contributed by atoms with van der Waals surface area (Å²) in [4.78, 5) is 28.8. The summed E-state index contributed by atoms with van der Waals surface area (Å²) in [6, 6.07) is 13.1. The van der Waals surface area contributed by atoms with E-state index >= 15 is 0 Å². The second kappa shape index (κ2) is 11.6. The first-order valence-corrected chi connectivity index (χ1v) is 13.8. The lowest BCUT2D eigenvalue weighted by Gasteiger charge is -2.29. The molecule has 0 amide bonds. The Kier molecular flexibility index (Phi) is 7.57. The summed E-state index contributed by atoms with van der Waals surface area (Å²) in [5, 5.41) is 14.1. The molecule has 2 saturated heterocycles. The molecule has 2 fully saturated rings. The van der Waals surface area contributed by atoms with Crippen LogP contribution in [-0.2, 0) is 20.7 Å². The molecule has 4 heterocycles. The Hall–Kier alpha value is -4.08. The van der Waals surface area contributed by atoms with E-state index in [9.17, 15) is 9.90 Å². The van der Waals surface area contributed by atoms with Gasteiger partial charge in [-0.3, -0.25) is 9.79 Å². The van der Waals surface area contributed by atoms with Gasteiger partial charge in [0.1, 0.15) is 11.8 Å². The molecule has 206 valence electrons. The number of ketones is 1. The van der Waals surface area contributed by atoms with Crippen LogP contribution in [0.25, 0.3) is 11.3 Å². The largest absolute Gasteiger partial charge is 0.506 e. The van der Waals surface area contributed by atoms with Gasteiger partial charge in [-0.15, -0.1) is 0 Å². The van der Waals surface area contributed by atoms with Crippen molar-refractivity contribution in [2.75, 3.05) is 43.1 Å². The lowest BCUT2D eigenvalue weighted by molar-refractivity contribution is -0.114. The smallest absolute Gasteiger partial charge is 0.228 e. The van der Waals surface area contributed by atoms with Crippen LogP contribution in [0, 0.1) is 0 Å². The molecule has 9 nitrogen and oxygen atoms in total. The standard InChI is InChI=1S/C31H33N5O4/c1-2-23(37)17-20-6-5-7-21(16-20)28-24-19-32-30(27-8-3-4-13-40-27)29(24)35-31(34-28)33-22-9-10-25(26(38)18-22)36-11-14-39-15-12-36/h2,5-7,9-10,16,18-19,27,30,38H,1,3-4,8,11-15,17H2,(H,33,34,35). The molecule has 2 atom stereocenters. The van der Waals surface area contributed by atoms with Crippen molar-refractivity contribution in [2.24, 2.45) is 4.99 Å². The molecule has 6 rings (SSSR count). The van der Waals surface area contributed by atoms with Crippen LogP contribution in [0.3, 0.4) is 0 Å². The fraction of sp³-hybridized carbons (Fsp3) is 0.355. The van der Waals surface area contributed by atoms with E-state index in [0.29, 0.717) is 24.8 Å². The number of morpholine rings is 1. The summed E-state index contributed by atoms with van der Waals surface area (Å²) in [6.07, 6.45) is 6.52. The van der Waals surface area contributed by atoms with E-state index in [1.54, 1.807) is 6.07 Å². The van der Waals surface area contributed by atoms with E-state index in [1.807, 2.05) is 42.6 Å². The van der Waals surface area contributed by atoms with Gasteiger partial charge in [-0.1, -0.05) is 24.8 Å². The number of hydrogen-bond acceptors (Lipinski definition) is 9. The molecule has 0 saturated carbocycles. The van der Waals surface area contributed by atoms with Gasteiger partial charge in [-0.05, 0) is 49.1 Å². The number of aliphatic imine (C=N–C) groups is 1. The molecule has 1 aromatic heterocycles. The Morgan fingerprint density at radius 1 is 1.12 bits per heavy atom. The lowest BCUT2D eigenvalue weighted by Crippen LogP contribution is -2.36. The summed E-state index contributed by atoms with van der Waals surface area (Å²) >= 11 is 0. The van der Waals surface area contributed by atoms with Crippen LogP contribution in [0.2, 0.25) is 0 Å². The van der Waals surface area contributed by atoms with Crippen molar-refractivity contribution in [3.63, 3.8) is 0 Å². The van der Waals surface area contributed by atoms with E-state index < -0.39 is 0 Å². The fourth-order valence-electron chi connectivity index (χ4n) is 5.53. The first-order valence-electron chi connectivity index (χ1n) is 13.8. The highest BCUT2D eigenvalue weighted by Gasteiger charge is 2.33. The van der Waals surface area contributed by atoms with Crippen molar-refractivity contribution < 1.29 is 19.4 Å². The normalized spacial score (nSPS) is 20.2. The van der Waals surface area contributed by atoms with Crippen molar-refractivity contribution >= 4 is 29.3 Å². The van der Waals surface area contributed by atoms with E-state index in [0.717, 1.165) is 72.7 Å². The number of phenols is 1. The minimum Gasteiger partial charge on any atom is -0.506 e. The second-order valence-electron chi connectivity index (χ2n) is 10.3. The van der Waals surface area contributed by atoms with Gasteiger partial charge in [0.05, 0.1) is 36.4 Å². The Morgan fingerprint density at radius 2 is 2.00 bits per heavy atom. The van der Waals surface area contributed by atoms with Crippen LogP contribution in [-0.4, -0.2) is 66.1 Å². The van der Waals surface area contributed by atoms with Crippen LogP contribution < -0.4 is 10.2 Å². The third-order valence-electron chi connectivity index (χ3n) is 7.58. The fourth-order valence-corrected chi connectivity index (χ4v) is 5.53. The van der Waals surface area contributed by atoms with Gasteiger partial charge in [0, 0.05) is 55.2 Å². The van der Waals surface area contributed by atoms with Crippen molar-refractivity contribution in [2.45, 2.75) is 37.8 Å². The minimum absolute atomic E-state index is 0.0322. The summed E-state index contributed by atoms with van der Waals surface area (Å²) in [6.45, 7) is 7.07. The Morgan fingerprint density at radius 3 is 2.77 bits per heavy atom. The number of nitrogens with one attached hydrogen (secondary N) is 1. The Balaban J connectivity index is 1.36. The van der Waals surface area contributed by atoms with E-state index in [4.69, 9.17) is 24.4 Å². The highest BCUT2D eigenvalue weighted by molar-refractivity contribution is 5.94. The number of ether oxygens (including phenoxy) is 2. The van der Waals surface area contributed by atoms with Gasteiger partial charge in [0.2, 0.25) is 5.95 Å². The van der Waals surface area contributed by atoms with Crippen LogP contribution in [0.15, 0.2) is 60.1 Å². The van der Waals surface area contributed by atoms with Gasteiger partial charge in [-0.2, -0.15) is 0 Å². The summed E-state index contributed by atoms with van der Waals surface area (Å²) in [5.41, 5.74) is 5.63. The zero-order valence-corrected chi connectivity index (χ0v) is 22.4. The molecule has 9 heteroatoms. The van der Waals surface area contributed by atoms with E-state index in [-0.39, 0.29) is 30.1 Å². The van der Waals surface area contributed by atoms with E-state index in [2.05, 4.69) is 16.8 Å². The highest BCUT2D eigenvalue weighted by Crippen LogP contribution is 2.39. The van der Waals surface area contributed by atoms with Crippen LogP contribution >= 0.6 is 0 Å². The average Bonchev–Trinajstić information content (AvgIpc) is 3.42. The number of hydrogen-bond donors (Lipinski definition) is 2. The maximum Gasteiger partial charge on any atom is 0.228 e. The molecule has 2 N–H and O–H groups in total. The number of benzene rings is 2. The topological polar surface area (TPSA) is 109 Å². The zero-order chi connectivity index (χ0) is 27.5. The third-order valence-corrected chi connectivity index (χ3v) is 7.58. The molecule has 2 aromatic carbocycles. The molecule has 0 spiro atoms. The SMILES string of the molecule is C=CC(=O)Cc1cccc(-c2nc(Nc3ccc(N4CCOCC4)c(O)c3)nc3c2C=NC3C2CCCCO2)c1. The van der Waals surface area contributed by atoms with Crippen LogP contribution in [0.1, 0.15) is 42.1 Å². The van der Waals surface area contributed by atoms with Crippen molar-refractivity contribution in [1.82, 2.24) is 9.97 Å². The van der Waals surface area contributed by atoms with E-state index in [1.165, 1.54) is 6.08 Å². The summed E-state index contributed by atoms with van der Waals surface area (Å²) in [5.74, 6) is 0.555. The number of carbonyl (C=O) groups is 1. The van der Waals surface area contributed by atoms with Crippen molar-refractivity contribution in [3.8, 4) is 17.0 Å². The number of phenolic OH excluding ortho intramolecular Hbond substituents is 1. The van der Waals surface area contributed by atoms with Gasteiger partial charge in [-0.25, -0.2) is 9.97 Å². The second-order valence-corrected chi connectivity index (χ2v) is 10.3. The number of rotatable bonds is 8. The van der Waals surface area contributed by atoms with Gasteiger partial charge >= 0.3 is 0 Å². The summed E-state index contributed by atoms with van der Waals surface area (Å²) in [7, 11) is 0. The maximum absolute atomic E-state index is 12.0. The molecule has 0 bridgehead atoms. The third kappa shape index (κ3) is 5.48. The summed E-state index contributed by atoms with van der Waals surface area (Å²) < 4.78 is 11.5. The molecule has 2 unspecified atom stereocenters. The number of aromatic hydroxyl groups is 1. The molecule has 3 aliphatic rings. The number of allylic oxidation sites excluding steroid dienone is 1. The number of carbonyl (C=O) groups excluding carboxylic acids is 1. The Bertz CT molecular complexity index is 1440.